The molecule has 0 amide bonds. The second-order valence-corrected chi connectivity index (χ2v) is 6.24. The summed E-state index contributed by atoms with van der Waals surface area (Å²) in [5.41, 5.74) is 0.663. The Bertz CT molecular complexity index is 569. The van der Waals surface area contributed by atoms with E-state index in [0.29, 0.717) is 5.57 Å². The molecule has 0 saturated heterocycles. The number of allylic oxidation sites excluding steroid dienone is 2. The van der Waals surface area contributed by atoms with Crippen LogP contribution in [0.1, 0.15) is 27.7 Å². The number of carbonyl (C=O) groups is 1. The highest BCUT2D eigenvalue weighted by molar-refractivity contribution is 7.89. The zero-order chi connectivity index (χ0) is 14.1. The van der Waals surface area contributed by atoms with Gasteiger partial charge in [0.15, 0.2) is 5.60 Å². The van der Waals surface area contributed by atoms with E-state index in [9.17, 15) is 13.2 Å². The maximum absolute atomic E-state index is 11.3. The van der Waals surface area contributed by atoms with E-state index >= 15 is 0 Å². The van der Waals surface area contributed by atoms with E-state index in [4.69, 9.17) is 4.74 Å². The average Bonchev–Trinajstić information content (AvgIpc) is 2.08. The Labute approximate surface area is 107 Å². The van der Waals surface area contributed by atoms with E-state index in [0.717, 1.165) is 11.8 Å². The van der Waals surface area contributed by atoms with Crippen molar-refractivity contribution in [3.63, 3.8) is 0 Å². The van der Waals surface area contributed by atoms with Crippen molar-refractivity contribution < 1.29 is 17.9 Å². The van der Waals surface area contributed by atoms with E-state index < -0.39 is 21.6 Å². The van der Waals surface area contributed by atoms with Crippen LogP contribution in [0.15, 0.2) is 27.7 Å². The highest BCUT2D eigenvalue weighted by atomic mass is 32.2. The van der Waals surface area contributed by atoms with Gasteiger partial charge in [0.05, 0.1) is 6.26 Å². The molecule has 1 rings (SSSR count). The molecule has 1 atom stereocenters. The van der Waals surface area contributed by atoms with Gasteiger partial charge in [0.2, 0.25) is 0 Å². The predicted molar refractivity (Wildman–Crippen MR) is 70.0 cm³/mol. The van der Waals surface area contributed by atoms with E-state index in [1.54, 1.807) is 26.0 Å². The third-order valence-electron chi connectivity index (χ3n) is 2.40. The fourth-order valence-corrected chi connectivity index (χ4v) is 2.71. The van der Waals surface area contributed by atoms with Gasteiger partial charge in [-0.25, -0.2) is 8.42 Å². The summed E-state index contributed by atoms with van der Waals surface area (Å²) in [6.07, 6.45) is 4.49. The summed E-state index contributed by atoms with van der Waals surface area (Å²) in [6.45, 7) is 6.49. The van der Waals surface area contributed by atoms with Gasteiger partial charge in [-0.1, -0.05) is 11.6 Å². The zero-order valence-corrected chi connectivity index (χ0v) is 12.0. The zero-order valence-electron chi connectivity index (χ0n) is 11.1. The molecule has 0 spiro atoms. The van der Waals surface area contributed by atoms with Gasteiger partial charge in [-0.05, 0) is 32.4 Å². The largest absolute Gasteiger partial charge is 0.449 e. The minimum Gasteiger partial charge on any atom is -0.449 e. The first-order valence-corrected chi connectivity index (χ1v) is 7.26. The standard InChI is InChI=1S/C12H17NO4S/c1-8-6-9(2)11(13-18(5,15)16)12(4,7-8)17-10(3)14/h6-7H,1-5H3/b13-11+. The second kappa shape index (κ2) is 4.68. The van der Waals surface area contributed by atoms with Crippen molar-refractivity contribution in [2.45, 2.75) is 33.3 Å². The molecule has 6 heteroatoms. The van der Waals surface area contributed by atoms with E-state index in [1.807, 2.05) is 6.92 Å². The molecule has 1 unspecified atom stereocenters. The maximum atomic E-state index is 11.3. The van der Waals surface area contributed by atoms with Crippen LogP contribution in [0.5, 0.6) is 0 Å². The Morgan fingerprint density at radius 3 is 2.39 bits per heavy atom. The minimum atomic E-state index is -3.55. The highest BCUT2D eigenvalue weighted by Gasteiger charge is 2.36. The van der Waals surface area contributed by atoms with Crippen LogP contribution >= 0.6 is 0 Å². The molecule has 0 aromatic heterocycles. The first-order valence-electron chi connectivity index (χ1n) is 5.41. The lowest BCUT2D eigenvalue weighted by Crippen LogP contribution is -2.41. The average molecular weight is 271 g/mol. The summed E-state index contributed by atoms with van der Waals surface area (Å²) >= 11 is 0. The third-order valence-corrected chi connectivity index (χ3v) is 2.92. The number of esters is 1. The van der Waals surface area contributed by atoms with Crippen molar-refractivity contribution in [3.05, 3.63) is 23.3 Å². The number of hydrogen-bond acceptors (Lipinski definition) is 4. The fraction of sp³-hybridized carbons (Fsp3) is 0.500. The van der Waals surface area contributed by atoms with Gasteiger partial charge in [0.1, 0.15) is 5.71 Å². The van der Waals surface area contributed by atoms with Gasteiger partial charge < -0.3 is 4.74 Å². The smallest absolute Gasteiger partial charge is 0.303 e. The molecule has 1 aliphatic rings. The molecule has 0 saturated carbocycles. The molecule has 0 aliphatic heterocycles. The monoisotopic (exact) mass is 271 g/mol. The molecule has 100 valence electrons. The Balaban J connectivity index is 3.41. The van der Waals surface area contributed by atoms with Gasteiger partial charge in [-0.2, -0.15) is 4.40 Å². The van der Waals surface area contributed by atoms with Crippen molar-refractivity contribution >= 4 is 21.7 Å². The number of hydrogen-bond donors (Lipinski definition) is 0. The molecule has 0 radical (unpaired) electrons. The summed E-state index contributed by atoms with van der Waals surface area (Å²) in [6, 6.07) is 0. The second-order valence-electron chi connectivity index (χ2n) is 4.59. The van der Waals surface area contributed by atoms with Crippen molar-refractivity contribution in [2.24, 2.45) is 4.40 Å². The van der Waals surface area contributed by atoms with Crippen molar-refractivity contribution in [1.82, 2.24) is 0 Å². The predicted octanol–water partition coefficient (Wildman–Crippen LogP) is 1.61. The topological polar surface area (TPSA) is 72.8 Å². The molecule has 18 heavy (non-hydrogen) atoms. The lowest BCUT2D eigenvalue weighted by molar-refractivity contribution is -0.146. The number of carbonyl (C=O) groups excluding carboxylic acids is 1. The first kappa shape index (κ1) is 14.6. The third kappa shape index (κ3) is 3.53. The van der Waals surface area contributed by atoms with Crippen molar-refractivity contribution in [2.75, 3.05) is 6.26 Å². The Kier molecular flexibility index (Phi) is 3.81. The highest BCUT2D eigenvalue weighted by Crippen LogP contribution is 2.28. The summed E-state index contributed by atoms with van der Waals surface area (Å²) in [5.74, 6) is -0.488. The van der Waals surface area contributed by atoms with Gasteiger partial charge in [0.25, 0.3) is 10.0 Å². The molecular weight excluding hydrogens is 254 g/mol. The van der Waals surface area contributed by atoms with Crippen molar-refractivity contribution in [3.8, 4) is 0 Å². The molecule has 1 aliphatic carbocycles. The van der Waals surface area contributed by atoms with E-state index in [-0.39, 0.29) is 5.71 Å². The molecule has 0 bridgehead atoms. The Morgan fingerprint density at radius 1 is 1.39 bits per heavy atom. The molecule has 0 N–H and O–H groups in total. The summed E-state index contributed by atoms with van der Waals surface area (Å²) in [5, 5.41) is 0. The number of nitrogens with zero attached hydrogens (tertiary/aromatic N) is 1. The SMILES string of the molecule is CC(=O)OC1(C)C=C(C)C=C(C)/C1=N\S(C)(=O)=O. The first-order chi connectivity index (χ1) is 8.03. The van der Waals surface area contributed by atoms with Gasteiger partial charge in [-0.15, -0.1) is 0 Å². The number of ether oxygens (including phenoxy) is 1. The lowest BCUT2D eigenvalue weighted by Gasteiger charge is -2.31. The lowest BCUT2D eigenvalue weighted by atomic mass is 9.86. The van der Waals surface area contributed by atoms with Crippen LogP contribution < -0.4 is 0 Å². The van der Waals surface area contributed by atoms with Crippen LogP contribution in [0.2, 0.25) is 0 Å². The molecule has 0 aromatic carbocycles. The molecule has 0 fully saturated rings. The number of rotatable bonds is 2. The Morgan fingerprint density at radius 2 is 1.94 bits per heavy atom. The van der Waals surface area contributed by atoms with Crippen LogP contribution in [-0.2, 0) is 19.6 Å². The molecule has 0 aromatic rings. The van der Waals surface area contributed by atoms with Crippen LogP contribution in [-0.4, -0.2) is 32.0 Å². The van der Waals surface area contributed by atoms with Crippen molar-refractivity contribution in [1.29, 1.82) is 0 Å². The quantitative estimate of drug-likeness (QED) is 0.715. The number of sulfonamides is 1. The van der Waals surface area contributed by atoms with Gasteiger partial charge >= 0.3 is 5.97 Å². The van der Waals surface area contributed by atoms with Crippen LogP contribution in [0.3, 0.4) is 0 Å². The fourth-order valence-electron chi connectivity index (χ4n) is 2.05. The maximum Gasteiger partial charge on any atom is 0.303 e. The van der Waals surface area contributed by atoms with Gasteiger partial charge in [0, 0.05) is 6.92 Å². The van der Waals surface area contributed by atoms with Crippen LogP contribution in [0.4, 0.5) is 0 Å². The Hall–Kier alpha value is -1.43. The summed E-state index contributed by atoms with van der Waals surface area (Å²) in [4.78, 5) is 11.2. The molecule has 5 nitrogen and oxygen atoms in total. The normalized spacial score (nSPS) is 26.6. The summed E-state index contributed by atoms with van der Waals surface area (Å²) in [7, 11) is -3.55. The van der Waals surface area contributed by atoms with E-state index in [1.165, 1.54) is 6.92 Å². The minimum absolute atomic E-state index is 0.241. The summed E-state index contributed by atoms with van der Waals surface area (Å²) < 4.78 is 31.6. The molecule has 0 heterocycles. The van der Waals surface area contributed by atoms with Crippen LogP contribution in [0, 0.1) is 0 Å². The van der Waals surface area contributed by atoms with Crippen LogP contribution in [0.25, 0.3) is 0 Å². The van der Waals surface area contributed by atoms with Gasteiger partial charge in [-0.3, -0.25) is 4.79 Å². The van der Waals surface area contributed by atoms with E-state index in [2.05, 4.69) is 4.40 Å². The molecular formula is C12H17NO4S.